The number of benzene rings is 1. The number of methoxy groups -OCH3 is 2. The minimum absolute atomic E-state index is 0.159. The average Bonchev–Trinajstić information content (AvgIpc) is 2.44. The van der Waals surface area contributed by atoms with E-state index in [1.807, 2.05) is 32.0 Å². The maximum absolute atomic E-state index is 12.6. The summed E-state index contributed by atoms with van der Waals surface area (Å²) in [4.78, 5) is 12.6. The first-order valence-corrected chi connectivity index (χ1v) is 7.85. The number of Topliss-reactive ketones (excluding diaryl/α,β-unsaturated/α-hetero) is 1. The molecule has 0 fully saturated rings. The highest BCUT2D eigenvalue weighted by atomic mass is 16.7. The highest BCUT2D eigenvalue weighted by molar-refractivity contribution is 5.86. The van der Waals surface area contributed by atoms with Crippen LogP contribution in [0.4, 0.5) is 0 Å². The van der Waals surface area contributed by atoms with Gasteiger partial charge in [-0.05, 0) is 17.9 Å². The van der Waals surface area contributed by atoms with Crippen molar-refractivity contribution in [2.75, 3.05) is 14.2 Å². The number of rotatable bonds is 6. The molecule has 0 radical (unpaired) electrons. The average molecular weight is 322 g/mol. The molecule has 0 aliphatic heterocycles. The second-order valence-electron chi connectivity index (χ2n) is 7.79. The molecule has 0 saturated carbocycles. The van der Waals surface area contributed by atoms with Crippen molar-refractivity contribution in [1.29, 1.82) is 0 Å². The third-order valence-corrected chi connectivity index (χ3v) is 4.46. The summed E-state index contributed by atoms with van der Waals surface area (Å²) in [6.07, 6.45) is 0.201. The number of phenols is 1. The van der Waals surface area contributed by atoms with Crippen molar-refractivity contribution in [1.82, 2.24) is 0 Å². The molecule has 4 heteroatoms. The maximum Gasteiger partial charge on any atom is 0.225 e. The summed E-state index contributed by atoms with van der Waals surface area (Å²) in [5, 5.41) is 10.7. The molecule has 0 heterocycles. The largest absolute Gasteiger partial charge is 0.507 e. The fourth-order valence-corrected chi connectivity index (χ4v) is 2.66. The summed E-state index contributed by atoms with van der Waals surface area (Å²) in [6, 6.07) is 5.72. The second kappa shape index (κ2) is 6.62. The van der Waals surface area contributed by atoms with E-state index < -0.39 is 11.2 Å². The first-order chi connectivity index (χ1) is 10.4. The third kappa shape index (κ3) is 4.12. The van der Waals surface area contributed by atoms with Gasteiger partial charge in [0.05, 0.1) is 0 Å². The molecule has 1 N–H and O–H groups in total. The van der Waals surface area contributed by atoms with Crippen LogP contribution < -0.4 is 0 Å². The van der Waals surface area contributed by atoms with Gasteiger partial charge >= 0.3 is 0 Å². The first-order valence-electron chi connectivity index (χ1n) is 7.85. The number of hydrogen-bond donors (Lipinski definition) is 1. The van der Waals surface area contributed by atoms with Crippen molar-refractivity contribution in [3.05, 3.63) is 29.3 Å². The lowest BCUT2D eigenvalue weighted by Gasteiger charge is -2.32. The van der Waals surface area contributed by atoms with Crippen LogP contribution in [0.1, 0.15) is 59.1 Å². The third-order valence-electron chi connectivity index (χ3n) is 4.46. The van der Waals surface area contributed by atoms with Crippen LogP contribution in [0.2, 0.25) is 0 Å². The second-order valence-corrected chi connectivity index (χ2v) is 7.79. The van der Waals surface area contributed by atoms with Gasteiger partial charge in [-0.25, -0.2) is 0 Å². The van der Waals surface area contributed by atoms with E-state index in [9.17, 15) is 9.90 Å². The molecular formula is C19H30O4. The summed E-state index contributed by atoms with van der Waals surface area (Å²) >= 11 is 0. The zero-order valence-electron chi connectivity index (χ0n) is 15.6. The number of phenolic OH excluding ortho intramolecular Hbond substituents is 1. The molecule has 0 aromatic heterocycles. The summed E-state index contributed by atoms with van der Waals surface area (Å²) in [5.41, 5.74) is 0.915. The molecule has 1 rings (SSSR count). The quantitative estimate of drug-likeness (QED) is 0.806. The van der Waals surface area contributed by atoms with Gasteiger partial charge in [0, 0.05) is 31.6 Å². The summed E-state index contributed by atoms with van der Waals surface area (Å²) in [5.74, 6) is -1.17. The molecule has 23 heavy (non-hydrogen) atoms. The zero-order valence-corrected chi connectivity index (χ0v) is 15.6. The van der Waals surface area contributed by atoms with Crippen LogP contribution in [0.5, 0.6) is 5.75 Å². The molecule has 0 aliphatic rings. The van der Waals surface area contributed by atoms with Crippen molar-refractivity contribution in [3.63, 3.8) is 0 Å². The van der Waals surface area contributed by atoms with Gasteiger partial charge in [0.25, 0.3) is 0 Å². The Labute approximate surface area is 139 Å². The van der Waals surface area contributed by atoms with Crippen molar-refractivity contribution >= 4 is 5.78 Å². The van der Waals surface area contributed by atoms with Gasteiger partial charge in [0.1, 0.15) is 5.75 Å². The fourth-order valence-electron chi connectivity index (χ4n) is 2.66. The summed E-state index contributed by atoms with van der Waals surface area (Å²) < 4.78 is 10.4. The molecule has 0 bridgehead atoms. The van der Waals surface area contributed by atoms with E-state index in [4.69, 9.17) is 9.47 Å². The number of aromatic hydroxyl groups is 1. The Hall–Kier alpha value is -1.39. The number of hydrogen-bond acceptors (Lipinski definition) is 4. The van der Waals surface area contributed by atoms with Crippen molar-refractivity contribution in [2.45, 2.75) is 64.6 Å². The van der Waals surface area contributed by atoms with Crippen LogP contribution in [-0.2, 0) is 25.1 Å². The Morgan fingerprint density at radius 3 is 1.91 bits per heavy atom. The lowest BCUT2D eigenvalue weighted by molar-refractivity contribution is -0.199. The molecule has 0 unspecified atom stereocenters. The molecule has 1 aromatic rings. The van der Waals surface area contributed by atoms with E-state index in [2.05, 4.69) is 20.8 Å². The summed E-state index contributed by atoms with van der Waals surface area (Å²) in [7, 11) is 2.90. The molecule has 0 saturated heterocycles. The lowest BCUT2D eigenvalue weighted by atomic mass is 9.75. The van der Waals surface area contributed by atoms with Crippen LogP contribution >= 0.6 is 0 Å². The Balaban J connectivity index is 3.22. The van der Waals surface area contributed by atoms with Crippen LogP contribution in [0.25, 0.3) is 0 Å². The maximum atomic E-state index is 12.6. The van der Waals surface area contributed by atoms with Gasteiger partial charge in [-0.3, -0.25) is 4.79 Å². The Bertz CT molecular complexity index is 563. The van der Waals surface area contributed by atoms with Gasteiger partial charge in [0.15, 0.2) is 5.78 Å². The molecule has 0 atom stereocenters. The lowest BCUT2D eigenvalue weighted by Crippen LogP contribution is -2.42. The predicted octanol–water partition coefficient (Wildman–Crippen LogP) is 3.94. The molecule has 4 nitrogen and oxygen atoms in total. The van der Waals surface area contributed by atoms with E-state index in [0.717, 1.165) is 11.1 Å². The standard InChI is InChI=1S/C19H30O4/c1-17(2,3)13-10-9-11-14(16(13)21)18(4,5)12-15(20)19(6,22-7)23-8/h9-11,21H,12H2,1-8H3. The zero-order chi connectivity index (χ0) is 18.1. The number of para-hydroxylation sites is 1. The number of carbonyl (C=O) groups excluding carboxylic acids is 1. The van der Waals surface area contributed by atoms with Crippen LogP contribution in [0.15, 0.2) is 18.2 Å². The van der Waals surface area contributed by atoms with Crippen LogP contribution in [-0.4, -0.2) is 30.9 Å². The molecule has 0 aliphatic carbocycles. The topological polar surface area (TPSA) is 55.8 Å². The van der Waals surface area contributed by atoms with E-state index in [1.165, 1.54) is 14.2 Å². The Morgan fingerprint density at radius 1 is 1.00 bits per heavy atom. The predicted molar refractivity (Wildman–Crippen MR) is 91.9 cm³/mol. The van der Waals surface area contributed by atoms with E-state index >= 15 is 0 Å². The Morgan fingerprint density at radius 2 is 1.48 bits per heavy atom. The molecule has 1 aromatic carbocycles. The first kappa shape index (κ1) is 19.7. The molecule has 0 spiro atoms. The van der Waals surface area contributed by atoms with Crippen molar-refractivity contribution < 1.29 is 19.4 Å². The van der Waals surface area contributed by atoms with Crippen molar-refractivity contribution in [2.24, 2.45) is 0 Å². The normalized spacial score (nSPS) is 13.2. The highest BCUT2D eigenvalue weighted by Crippen LogP contribution is 2.40. The van der Waals surface area contributed by atoms with E-state index in [1.54, 1.807) is 6.92 Å². The van der Waals surface area contributed by atoms with Gasteiger partial charge in [-0.1, -0.05) is 52.8 Å². The van der Waals surface area contributed by atoms with Gasteiger partial charge in [-0.15, -0.1) is 0 Å². The number of ether oxygens (including phenoxy) is 2. The smallest absolute Gasteiger partial charge is 0.225 e. The van der Waals surface area contributed by atoms with Gasteiger partial charge < -0.3 is 14.6 Å². The molecular weight excluding hydrogens is 292 g/mol. The van der Waals surface area contributed by atoms with Crippen molar-refractivity contribution in [3.8, 4) is 5.75 Å². The minimum Gasteiger partial charge on any atom is -0.507 e. The van der Waals surface area contributed by atoms with E-state index in [0.29, 0.717) is 0 Å². The van der Waals surface area contributed by atoms with Crippen LogP contribution in [0.3, 0.4) is 0 Å². The Kier molecular flexibility index (Phi) is 5.65. The monoisotopic (exact) mass is 322 g/mol. The molecule has 130 valence electrons. The fraction of sp³-hybridized carbons (Fsp3) is 0.632. The molecule has 0 amide bonds. The number of carbonyl (C=O) groups is 1. The SMILES string of the molecule is COC(C)(OC)C(=O)CC(C)(C)c1cccc(C(C)(C)C)c1O. The number of ketones is 1. The van der Waals surface area contributed by atoms with Gasteiger partial charge in [-0.2, -0.15) is 0 Å². The highest BCUT2D eigenvalue weighted by Gasteiger charge is 2.38. The summed E-state index contributed by atoms with van der Waals surface area (Å²) in [6.45, 7) is 11.7. The van der Waals surface area contributed by atoms with Crippen LogP contribution in [0, 0.1) is 0 Å². The van der Waals surface area contributed by atoms with Gasteiger partial charge in [0.2, 0.25) is 5.79 Å². The minimum atomic E-state index is -1.27. The van der Waals surface area contributed by atoms with E-state index in [-0.39, 0.29) is 23.4 Å².